The molecule has 0 bridgehead atoms. The van der Waals surface area contributed by atoms with Crippen molar-refractivity contribution in [1.82, 2.24) is 0 Å². The van der Waals surface area contributed by atoms with Gasteiger partial charge in [0.05, 0.1) is 12.1 Å². The van der Waals surface area contributed by atoms with Crippen LogP contribution in [0.25, 0.3) is 0 Å². The van der Waals surface area contributed by atoms with Crippen LogP contribution in [0.5, 0.6) is 0 Å². The molecular formula is C14H19NO2S. The van der Waals surface area contributed by atoms with Crippen LogP contribution >= 0.6 is 12.2 Å². The molecule has 0 amide bonds. The minimum absolute atomic E-state index is 0.171. The molecule has 0 radical (unpaired) electrons. The van der Waals surface area contributed by atoms with E-state index in [9.17, 15) is 4.79 Å². The van der Waals surface area contributed by atoms with Crippen LogP contribution in [0.4, 0.5) is 5.69 Å². The van der Waals surface area contributed by atoms with E-state index < -0.39 is 0 Å². The van der Waals surface area contributed by atoms with E-state index >= 15 is 0 Å². The average Bonchev–Trinajstić information content (AvgIpc) is 2.43. The normalized spacial score (nSPS) is 11.7. The van der Waals surface area contributed by atoms with Gasteiger partial charge in [0.2, 0.25) is 0 Å². The van der Waals surface area contributed by atoms with Crippen LogP contribution in [0, 0.1) is 5.92 Å². The van der Waals surface area contributed by atoms with E-state index in [1.54, 1.807) is 0 Å². The molecular weight excluding hydrogens is 246 g/mol. The SMILES string of the molecule is COC(=O)CCC(C)C(=S)N(C)c1ccccc1. The lowest BCUT2D eigenvalue weighted by molar-refractivity contribution is -0.140. The molecule has 1 unspecified atom stereocenters. The van der Waals surface area contributed by atoms with Gasteiger partial charge in [-0.3, -0.25) is 4.79 Å². The first kappa shape index (κ1) is 14.6. The lowest BCUT2D eigenvalue weighted by atomic mass is 10.0. The molecule has 0 fully saturated rings. The maximum Gasteiger partial charge on any atom is 0.305 e. The van der Waals surface area contributed by atoms with Gasteiger partial charge in [-0.25, -0.2) is 0 Å². The van der Waals surface area contributed by atoms with E-state index in [2.05, 4.69) is 4.74 Å². The molecule has 0 N–H and O–H groups in total. The third-order valence-electron chi connectivity index (χ3n) is 2.90. The Morgan fingerprint density at radius 2 is 2.00 bits per heavy atom. The van der Waals surface area contributed by atoms with Crippen LogP contribution in [0.1, 0.15) is 19.8 Å². The van der Waals surface area contributed by atoms with Crippen LogP contribution in [-0.4, -0.2) is 25.1 Å². The van der Waals surface area contributed by atoms with Crippen LogP contribution in [0.3, 0.4) is 0 Å². The number of ether oxygens (including phenoxy) is 1. The van der Waals surface area contributed by atoms with Crippen LogP contribution in [0.15, 0.2) is 30.3 Å². The molecule has 0 aliphatic rings. The number of thiocarbonyl (C=S) groups is 1. The van der Waals surface area contributed by atoms with Gasteiger partial charge in [-0.1, -0.05) is 37.3 Å². The van der Waals surface area contributed by atoms with Crippen LogP contribution in [-0.2, 0) is 9.53 Å². The zero-order valence-corrected chi connectivity index (χ0v) is 11.9. The molecule has 1 aromatic rings. The maximum atomic E-state index is 11.1. The van der Waals surface area contributed by atoms with E-state index in [4.69, 9.17) is 12.2 Å². The number of carbonyl (C=O) groups excluding carboxylic acids is 1. The summed E-state index contributed by atoms with van der Waals surface area (Å²) in [4.78, 5) is 13.9. The third kappa shape index (κ3) is 4.11. The molecule has 1 rings (SSSR count). The summed E-state index contributed by atoms with van der Waals surface area (Å²) in [5.41, 5.74) is 1.06. The molecule has 1 aromatic carbocycles. The molecule has 3 nitrogen and oxygen atoms in total. The predicted octanol–water partition coefficient (Wildman–Crippen LogP) is 3.04. The minimum Gasteiger partial charge on any atom is -0.469 e. The lowest BCUT2D eigenvalue weighted by Gasteiger charge is -2.24. The van der Waals surface area contributed by atoms with E-state index in [0.29, 0.717) is 12.8 Å². The summed E-state index contributed by atoms with van der Waals surface area (Å²) < 4.78 is 4.63. The molecule has 0 aliphatic carbocycles. The van der Waals surface area contributed by atoms with Crippen molar-refractivity contribution in [2.45, 2.75) is 19.8 Å². The molecule has 0 saturated carbocycles. The Bertz CT molecular complexity index is 406. The largest absolute Gasteiger partial charge is 0.469 e. The highest BCUT2D eigenvalue weighted by molar-refractivity contribution is 7.80. The molecule has 18 heavy (non-hydrogen) atoms. The first-order valence-electron chi connectivity index (χ1n) is 5.95. The maximum absolute atomic E-state index is 11.1. The smallest absolute Gasteiger partial charge is 0.305 e. The molecule has 0 saturated heterocycles. The highest BCUT2D eigenvalue weighted by Gasteiger charge is 2.15. The van der Waals surface area contributed by atoms with Crippen LogP contribution in [0.2, 0.25) is 0 Å². The summed E-state index contributed by atoms with van der Waals surface area (Å²) >= 11 is 5.44. The van der Waals surface area contributed by atoms with Gasteiger partial charge in [-0.15, -0.1) is 0 Å². The van der Waals surface area contributed by atoms with Crippen molar-refractivity contribution in [2.75, 3.05) is 19.1 Å². The topological polar surface area (TPSA) is 29.5 Å². The second kappa shape index (κ2) is 7.11. The molecule has 4 heteroatoms. The predicted molar refractivity (Wildman–Crippen MR) is 77.9 cm³/mol. The van der Waals surface area contributed by atoms with Gasteiger partial charge >= 0.3 is 5.97 Å². The summed E-state index contributed by atoms with van der Waals surface area (Å²) in [6.07, 6.45) is 1.11. The van der Waals surface area contributed by atoms with E-state index in [1.807, 2.05) is 49.2 Å². The number of methoxy groups -OCH3 is 1. The highest BCUT2D eigenvalue weighted by atomic mass is 32.1. The van der Waals surface area contributed by atoms with Crippen molar-refractivity contribution in [3.05, 3.63) is 30.3 Å². The fourth-order valence-electron chi connectivity index (χ4n) is 1.67. The highest BCUT2D eigenvalue weighted by Crippen LogP contribution is 2.18. The minimum atomic E-state index is -0.188. The monoisotopic (exact) mass is 265 g/mol. The van der Waals surface area contributed by atoms with Gasteiger partial charge < -0.3 is 9.64 Å². The zero-order valence-electron chi connectivity index (χ0n) is 11.1. The van der Waals surface area contributed by atoms with Gasteiger partial charge in [-0.2, -0.15) is 0 Å². The Morgan fingerprint density at radius 1 is 1.39 bits per heavy atom. The summed E-state index contributed by atoms with van der Waals surface area (Å²) in [6, 6.07) is 9.96. The Morgan fingerprint density at radius 3 is 2.56 bits per heavy atom. The van der Waals surface area contributed by atoms with Crippen molar-refractivity contribution in [1.29, 1.82) is 0 Å². The zero-order chi connectivity index (χ0) is 13.5. The fourth-order valence-corrected chi connectivity index (χ4v) is 1.89. The number of esters is 1. The number of hydrogen-bond acceptors (Lipinski definition) is 3. The number of para-hydroxylation sites is 1. The fraction of sp³-hybridized carbons (Fsp3) is 0.429. The van der Waals surface area contributed by atoms with Crippen molar-refractivity contribution in [2.24, 2.45) is 5.92 Å². The van der Waals surface area contributed by atoms with Crippen molar-refractivity contribution in [3.8, 4) is 0 Å². The van der Waals surface area contributed by atoms with Crippen molar-refractivity contribution < 1.29 is 9.53 Å². The molecule has 0 aromatic heterocycles. The molecule has 0 spiro atoms. The van der Waals surface area contributed by atoms with Gasteiger partial charge in [0.15, 0.2) is 0 Å². The van der Waals surface area contributed by atoms with Gasteiger partial charge in [0.25, 0.3) is 0 Å². The number of anilines is 1. The standard InChI is InChI=1S/C14H19NO2S/c1-11(9-10-13(16)17-3)14(18)15(2)12-7-5-4-6-8-12/h4-8,11H,9-10H2,1-3H3. The first-order valence-corrected chi connectivity index (χ1v) is 6.36. The number of nitrogens with zero attached hydrogens (tertiary/aromatic N) is 1. The quantitative estimate of drug-likeness (QED) is 0.604. The Hall–Kier alpha value is -1.42. The van der Waals surface area contributed by atoms with E-state index in [0.717, 1.165) is 10.7 Å². The summed E-state index contributed by atoms with van der Waals surface area (Å²) in [7, 11) is 3.35. The lowest BCUT2D eigenvalue weighted by Crippen LogP contribution is -2.30. The summed E-state index contributed by atoms with van der Waals surface area (Å²) in [5, 5.41) is 0. The van der Waals surface area contributed by atoms with Crippen LogP contribution < -0.4 is 4.90 Å². The number of benzene rings is 1. The van der Waals surface area contributed by atoms with Crippen molar-refractivity contribution in [3.63, 3.8) is 0 Å². The second-order valence-corrected chi connectivity index (χ2v) is 4.67. The molecule has 1 atom stereocenters. The van der Waals surface area contributed by atoms with Gasteiger partial charge in [-0.05, 0) is 18.6 Å². The average molecular weight is 265 g/mol. The Labute approximate surface area is 114 Å². The Balaban J connectivity index is 2.56. The van der Waals surface area contributed by atoms with Crippen molar-refractivity contribution >= 4 is 28.9 Å². The van der Waals surface area contributed by atoms with E-state index in [-0.39, 0.29) is 11.9 Å². The second-order valence-electron chi connectivity index (χ2n) is 4.25. The molecule has 98 valence electrons. The first-order chi connectivity index (χ1) is 8.56. The van der Waals surface area contributed by atoms with Gasteiger partial charge in [0, 0.05) is 25.1 Å². The number of hydrogen-bond donors (Lipinski definition) is 0. The number of rotatable bonds is 5. The molecule has 0 heterocycles. The Kier molecular flexibility index (Phi) is 5.78. The summed E-state index contributed by atoms with van der Waals surface area (Å²) in [5.74, 6) is -0.0173. The number of carbonyl (C=O) groups is 1. The third-order valence-corrected chi connectivity index (χ3v) is 3.58. The van der Waals surface area contributed by atoms with E-state index in [1.165, 1.54) is 7.11 Å². The molecule has 0 aliphatic heterocycles. The van der Waals surface area contributed by atoms with Gasteiger partial charge in [0.1, 0.15) is 0 Å². The summed E-state index contributed by atoms with van der Waals surface area (Å²) in [6.45, 7) is 2.03.